The highest BCUT2D eigenvalue weighted by atomic mass is 79.9. The number of hydrogen-bond acceptors (Lipinski definition) is 3. The molecule has 0 aromatic heterocycles. The van der Waals surface area contributed by atoms with Gasteiger partial charge in [-0.1, -0.05) is 28.1 Å². The van der Waals surface area contributed by atoms with Crippen LogP contribution in [0.3, 0.4) is 0 Å². The molecule has 1 rings (SSSR count). The van der Waals surface area contributed by atoms with Gasteiger partial charge in [0.2, 0.25) is 5.78 Å². The van der Waals surface area contributed by atoms with Crippen molar-refractivity contribution >= 4 is 27.8 Å². The van der Waals surface area contributed by atoms with Crippen LogP contribution in [0.1, 0.15) is 33.3 Å². The monoisotopic (exact) mass is 351 g/mol. The molecule has 0 spiro atoms. The Bertz CT molecular complexity index is 598. The van der Waals surface area contributed by atoms with Gasteiger partial charge in [0.05, 0.1) is 0 Å². The Kier molecular flexibility index (Phi) is 5.19. The lowest BCUT2D eigenvalue weighted by atomic mass is 9.88. The lowest BCUT2D eigenvalue weighted by Crippen LogP contribution is -2.50. The lowest BCUT2D eigenvalue weighted by molar-refractivity contribution is -0.119. The Hall–Kier alpha value is -1.80. The van der Waals surface area contributed by atoms with E-state index in [-0.39, 0.29) is 0 Å². The van der Waals surface area contributed by atoms with Crippen LogP contribution in [0.2, 0.25) is 0 Å². The second kappa shape index (κ2) is 6.31. The summed E-state index contributed by atoms with van der Waals surface area (Å²) >= 11 is 3.33. The van der Waals surface area contributed by atoms with Crippen molar-refractivity contribution < 1.29 is 14.3 Å². The lowest BCUT2D eigenvalue weighted by Gasteiger charge is -2.29. The molecule has 1 atom stereocenters. The first-order valence-electron chi connectivity index (χ1n) is 6.37. The molecule has 112 valence electrons. The molecule has 0 aliphatic carbocycles. The zero-order chi connectivity index (χ0) is 16.3. The molecule has 0 saturated heterocycles. The first-order valence-corrected chi connectivity index (χ1v) is 7.16. The molecule has 0 radical (unpaired) electrons. The number of nitrogens with one attached hydrogen (secondary N) is 1. The fraction of sp³-hybridized carbons (Fsp3) is 0.375. The minimum Gasteiger partial charge on any atom is -0.444 e. The molecule has 1 amide bonds. The van der Waals surface area contributed by atoms with E-state index in [0.717, 1.165) is 4.47 Å². The summed E-state index contributed by atoms with van der Waals surface area (Å²) in [6, 6.07) is 7.03. The van der Waals surface area contributed by atoms with Crippen LogP contribution in [0.5, 0.6) is 0 Å². The predicted octanol–water partition coefficient (Wildman–Crippen LogP) is 3.39. The second-order valence-corrected chi connectivity index (χ2v) is 6.65. The van der Waals surface area contributed by atoms with Gasteiger partial charge in [-0.2, -0.15) is 0 Å². The quantitative estimate of drug-likeness (QED) is 0.670. The number of ether oxygens (including phenoxy) is 1. The third-order valence-electron chi connectivity index (χ3n) is 2.74. The highest BCUT2D eigenvalue weighted by Crippen LogP contribution is 2.25. The number of terminal acetylenes is 1. The third-order valence-corrected chi connectivity index (χ3v) is 3.23. The third kappa shape index (κ3) is 4.61. The number of amides is 1. The first kappa shape index (κ1) is 17.3. The van der Waals surface area contributed by atoms with Crippen molar-refractivity contribution in [2.24, 2.45) is 0 Å². The summed E-state index contributed by atoms with van der Waals surface area (Å²) in [6.45, 7) is 6.78. The Morgan fingerprint density at radius 2 is 1.90 bits per heavy atom. The molecule has 1 aromatic rings. The van der Waals surface area contributed by atoms with Gasteiger partial charge in [0, 0.05) is 4.47 Å². The molecular formula is C16H18BrNO3. The fourth-order valence-corrected chi connectivity index (χ4v) is 2.11. The van der Waals surface area contributed by atoms with Crippen molar-refractivity contribution in [2.75, 3.05) is 0 Å². The summed E-state index contributed by atoms with van der Waals surface area (Å²) in [4.78, 5) is 24.1. The highest BCUT2D eigenvalue weighted by molar-refractivity contribution is 9.10. The first-order chi connectivity index (χ1) is 9.58. The molecule has 0 saturated carbocycles. The van der Waals surface area contributed by atoms with E-state index in [1.54, 1.807) is 45.9 Å². The summed E-state index contributed by atoms with van der Waals surface area (Å²) in [6.07, 6.45) is 4.53. The molecule has 4 nitrogen and oxygen atoms in total. The van der Waals surface area contributed by atoms with E-state index >= 15 is 0 Å². The van der Waals surface area contributed by atoms with E-state index in [4.69, 9.17) is 11.2 Å². The number of ketones is 1. The normalized spacial score (nSPS) is 13.7. The highest BCUT2D eigenvalue weighted by Gasteiger charge is 2.37. The van der Waals surface area contributed by atoms with Gasteiger partial charge in [0.1, 0.15) is 11.1 Å². The summed E-state index contributed by atoms with van der Waals surface area (Å²) < 4.78 is 5.98. The van der Waals surface area contributed by atoms with Crippen molar-refractivity contribution in [3.05, 3.63) is 34.3 Å². The number of alkyl carbamates (subject to hydrolysis) is 1. The van der Waals surface area contributed by atoms with Gasteiger partial charge < -0.3 is 10.1 Å². The molecule has 0 unspecified atom stereocenters. The summed E-state index contributed by atoms with van der Waals surface area (Å²) in [5.41, 5.74) is -1.44. The van der Waals surface area contributed by atoms with Crippen LogP contribution in [-0.2, 0) is 15.1 Å². The smallest absolute Gasteiger partial charge is 0.408 e. The fourth-order valence-electron chi connectivity index (χ4n) is 1.71. The maximum absolute atomic E-state index is 12.1. The zero-order valence-corrected chi connectivity index (χ0v) is 14.1. The van der Waals surface area contributed by atoms with Crippen LogP contribution in [0.25, 0.3) is 0 Å². The molecule has 0 heterocycles. The average Bonchev–Trinajstić information content (AvgIpc) is 2.35. The maximum atomic E-state index is 12.1. The average molecular weight is 352 g/mol. The number of rotatable bonds is 3. The molecule has 5 heteroatoms. The predicted molar refractivity (Wildman–Crippen MR) is 84.7 cm³/mol. The zero-order valence-electron chi connectivity index (χ0n) is 12.5. The van der Waals surface area contributed by atoms with E-state index in [9.17, 15) is 9.59 Å². The number of Topliss-reactive ketones (excluding diaryl/α,β-unsaturated/α-hetero) is 1. The molecule has 0 bridgehead atoms. The minimum absolute atomic E-state index is 0.550. The van der Waals surface area contributed by atoms with Gasteiger partial charge in [0.25, 0.3) is 0 Å². The molecule has 0 fully saturated rings. The van der Waals surface area contributed by atoms with Gasteiger partial charge in [-0.05, 0) is 51.3 Å². The number of hydrogen-bond donors (Lipinski definition) is 1. The topological polar surface area (TPSA) is 55.4 Å². The van der Waals surface area contributed by atoms with Gasteiger partial charge in [0.15, 0.2) is 0 Å². The number of halogens is 1. The summed E-state index contributed by atoms with van der Waals surface area (Å²) in [5, 5.41) is 2.57. The summed E-state index contributed by atoms with van der Waals surface area (Å²) in [7, 11) is 0. The van der Waals surface area contributed by atoms with Crippen molar-refractivity contribution in [3.8, 4) is 12.3 Å². The van der Waals surface area contributed by atoms with E-state index < -0.39 is 23.0 Å². The molecule has 0 aliphatic rings. The maximum Gasteiger partial charge on any atom is 0.408 e. The second-order valence-electron chi connectivity index (χ2n) is 5.74. The van der Waals surface area contributed by atoms with Crippen molar-refractivity contribution in [1.29, 1.82) is 0 Å². The van der Waals surface area contributed by atoms with E-state index in [1.807, 2.05) is 6.07 Å². The summed E-state index contributed by atoms with van der Waals surface area (Å²) in [5.74, 6) is 1.52. The van der Waals surface area contributed by atoms with Crippen molar-refractivity contribution in [1.82, 2.24) is 5.32 Å². The Morgan fingerprint density at radius 3 is 2.38 bits per heavy atom. The number of benzene rings is 1. The molecular weight excluding hydrogens is 334 g/mol. The molecule has 21 heavy (non-hydrogen) atoms. The Morgan fingerprint density at radius 1 is 1.29 bits per heavy atom. The number of carbonyl (C=O) groups is 2. The molecule has 1 N–H and O–H groups in total. The molecule has 1 aromatic carbocycles. The van der Waals surface area contributed by atoms with Crippen LogP contribution < -0.4 is 5.32 Å². The van der Waals surface area contributed by atoms with Crippen LogP contribution in [-0.4, -0.2) is 17.5 Å². The Balaban J connectivity index is 3.15. The van der Waals surface area contributed by atoms with Crippen LogP contribution in [0, 0.1) is 12.3 Å². The van der Waals surface area contributed by atoms with E-state index in [1.165, 1.54) is 0 Å². The van der Waals surface area contributed by atoms with Gasteiger partial charge in [-0.15, -0.1) is 6.42 Å². The van der Waals surface area contributed by atoms with Crippen LogP contribution in [0.15, 0.2) is 28.7 Å². The van der Waals surface area contributed by atoms with Crippen molar-refractivity contribution in [2.45, 2.75) is 38.8 Å². The van der Waals surface area contributed by atoms with E-state index in [0.29, 0.717) is 5.56 Å². The van der Waals surface area contributed by atoms with Gasteiger partial charge in [-0.25, -0.2) is 4.79 Å². The minimum atomic E-state index is -1.35. The van der Waals surface area contributed by atoms with Crippen LogP contribution >= 0.6 is 15.9 Å². The van der Waals surface area contributed by atoms with Gasteiger partial charge >= 0.3 is 6.09 Å². The molecule has 0 aliphatic heterocycles. The SMILES string of the molecule is C#CC(=O)[C@](C)(NC(=O)OC(C)(C)C)c1cccc(Br)c1. The largest absolute Gasteiger partial charge is 0.444 e. The van der Waals surface area contributed by atoms with Crippen molar-refractivity contribution in [3.63, 3.8) is 0 Å². The Labute approximate surface area is 133 Å². The van der Waals surface area contributed by atoms with Crippen LogP contribution in [0.4, 0.5) is 4.79 Å². The standard InChI is InChI=1S/C16H18BrNO3/c1-6-13(19)16(5,11-8-7-9-12(17)10-11)18-14(20)21-15(2,3)4/h1,7-10H,2-5H3,(H,18,20)/t16-/m1/s1. The van der Waals surface area contributed by atoms with E-state index in [2.05, 4.69) is 27.2 Å². The number of carbonyl (C=O) groups excluding carboxylic acids is 2. The van der Waals surface area contributed by atoms with Gasteiger partial charge in [-0.3, -0.25) is 4.79 Å².